The number of hydrogen-bond donors (Lipinski definition) is 2. The summed E-state index contributed by atoms with van der Waals surface area (Å²) in [6, 6.07) is 9.37. The number of benzene rings is 1. The summed E-state index contributed by atoms with van der Waals surface area (Å²) in [6.07, 6.45) is -3.53. The van der Waals surface area contributed by atoms with Gasteiger partial charge in [0.2, 0.25) is 5.91 Å². The summed E-state index contributed by atoms with van der Waals surface area (Å²) in [5.41, 5.74) is -0.519. The maximum atomic E-state index is 14.5. The highest BCUT2D eigenvalue weighted by molar-refractivity contribution is 5.75. The third kappa shape index (κ3) is 7.14. The van der Waals surface area contributed by atoms with Crippen LogP contribution in [0.15, 0.2) is 55.0 Å². The number of carbonyl (C=O) groups excluding carboxylic acids is 1. The molecular formula is C29H25F7N6O3. The Morgan fingerprint density at radius 1 is 1.04 bits per heavy atom. The van der Waals surface area contributed by atoms with Crippen LogP contribution in [-0.2, 0) is 21.7 Å². The molecule has 2 aromatic heterocycles. The number of carbonyl (C=O) groups is 2. The zero-order valence-electron chi connectivity index (χ0n) is 23.5. The molecule has 4 heterocycles. The average Bonchev–Trinajstić information content (AvgIpc) is 2.93. The molecule has 1 amide bonds. The van der Waals surface area contributed by atoms with Crippen LogP contribution in [0.5, 0.6) is 0 Å². The van der Waals surface area contributed by atoms with Crippen LogP contribution in [0.25, 0.3) is 0 Å². The van der Waals surface area contributed by atoms with Crippen molar-refractivity contribution >= 4 is 17.6 Å². The number of aromatic nitrogens is 2. The molecule has 45 heavy (non-hydrogen) atoms. The van der Waals surface area contributed by atoms with Crippen molar-refractivity contribution in [2.24, 2.45) is 5.41 Å². The Morgan fingerprint density at radius 3 is 2.22 bits per heavy atom. The predicted molar refractivity (Wildman–Crippen MR) is 144 cm³/mol. The lowest BCUT2D eigenvalue weighted by atomic mass is 9.72. The van der Waals surface area contributed by atoms with Crippen molar-refractivity contribution in [3.63, 3.8) is 0 Å². The van der Waals surface area contributed by atoms with Gasteiger partial charge in [-0.3, -0.25) is 19.7 Å². The van der Waals surface area contributed by atoms with E-state index in [1.807, 2.05) is 6.07 Å². The molecule has 5 rings (SSSR count). The first kappa shape index (κ1) is 33.1. The van der Waals surface area contributed by atoms with Gasteiger partial charge in [0.15, 0.2) is 17.2 Å². The highest BCUT2D eigenvalue weighted by Gasteiger charge is 2.52. The van der Waals surface area contributed by atoms with Crippen molar-refractivity contribution in [1.29, 1.82) is 5.26 Å². The molecule has 3 aromatic rings. The van der Waals surface area contributed by atoms with Crippen LogP contribution < -0.4 is 10.2 Å². The van der Waals surface area contributed by atoms with Gasteiger partial charge in [-0.05, 0) is 35.4 Å². The first-order valence-electron chi connectivity index (χ1n) is 13.2. The smallest absolute Gasteiger partial charge is 0.475 e. The molecule has 0 bridgehead atoms. The second-order valence-corrected chi connectivity index (χ2v) is 10.8. The van der Waals surface area contributed by atoms with Gasteiger partial charge < -0.3 is 15.3 Å². The van der Waals surface area contributed by atoms with E-state index >= 15 is 0 Å². The number of carboxylic acids is 1. The molecule has 9 nitrogen and oxygen atoms in total. The number of pyridine rings is 2. The number of hydrogen-bond acceptors (Lipinski definition) is 7. The Balaban J connectivity index is 0.000000591. The van der Waals surface area contributed by atoms with E-state index in [4.69, 9.17) is 15.2 Å². The summed E-state index contributed by atoms with van der Waals surface area (Å²) in [5, 5.41) is 18.4. The fraction of sp³-hybridized carbons (Fsp3) is 0.345. The number of nitrogens with one attached hydrogen (secondary N) is 1. The SMILES string of the molecule is CC(=O)N[C@](c1ccc(F)c(F)c1)(c1ccc(CN2CC3(C2)CN(c2cncc(C#N)c2)C3)cn1)C(F)F.O=C(O)C(F)(F)F. The van der Waals surface area contributed by atoms with Crippen LogP contribution in [0.3, 0.4) is 0 Å². The summed E-state index contributed by atoms with van der Waals surface area (Å²) in [6.45, 7) is 5.08. The average molecular weight is 639 g/mol. The van der Waals surface area contributed by atoms with Crippen molar-refractivity contribution in [2.45, 2.75) is 31.6 Å². The Bertz CT molecular complexity index is 1600. The normalized spacial score (nSPS) is 16.8. The lowest BCUT2D eigenvalue weighted by Crippen LogP contribution is -2.72. The molecule has 0 radical (unpaired) electrons. The number of rotatable bonds is 7. The van der Waals surface area contributed by atoms with Crippen molar-refractivity contribution in [3.8, 4) is 6.07 Å². The monoisotopic (exact) mass is 638 g/mol. The number of amides is 1. The molecule has 16 heteroatoms. The molecule has 2 saturated heterocycles. The summed E-state index contributed by atoms with van der Waals surface area (Å²) in [5.74, 6) is -6.01. The molecule has 1 aromatic carbocycles. The Labute approximate surface area is 251 Å². The van der Waals surface area contributed by atoms with E-state index in [1.54, 1.807) is 12.3 Å². The number of halogens is 7. The van der Waals surface area contributed by atoms with E-state index in [0.29, 0.717) is 18.2 Å². The topological polar surface area (TPSA) is 122 Å². The zero-order chi connectivity index (χ0) is 33.2. The third-order valence-electron chi connectivity index (χ3n) is 7.34. The number of carboxylic acid groups (broad SMARTS) is 1. The lowest BCUT2D eigenvalue weighted by Gasteiger charge is -2.61. The molecule has 1 atom stereocenters. The largest absolute Gasteiger partial charge is 0.490 e. The first-order valence-corrected chi connectivity index (χ1v) is 13.2. The predicted octanol–water partition coefficient (Wildman–Crippen LogP) is 4.23. The van der Waals surface area contributed by atoms with Crippen molar-refractivity contribution in [2.75, 3.05) is 31.1 Å². The van der Waals surface area contributed by atoms with Crippen LogP contribution >= 0.6 is 0 Å². The van der Waals surface area contributed by atoms with Gasteiger partial charge in [-0.1, -0.05) is 12.1 Å². The van der Waals surface area contributed by atoms with E-state index < -0.39 is 41.7 Å². The van der Waals surface area contributed by atoms with E-state index in [2.05, 4.69) is 31.2 Å². The number of alkyl halides is 5. The number of nitrogens with zero attached hydrogens (tertiary/aromatic N) is 5. The molecule has 2 aliphatic rings. The maximum Gasteiger partial charge on any atom is 0.490 e. The number of aliphatic carboxylic acids is 1. The van der Waals surface area contributed by atoms with Crippen LogP contribution in [0.4, 0.5) is 36.4 Å². The third-order valence-corrected chi connectivity index (χ3v) is 7.34. The van der Waals surface area contributed by atoms with Gasteiger partial charge in [-0.25, -0.2) is 22.4 Å². The fourth-order valence-corrected chi connectivity index (χ4v) is 5.43. The van der Waals surface area contributed by atoms with Crippen molar-refractivity contribution in [1.82, 2.24) is 20.2 Å². The van der Waals surface area contributed by atoms with Crippen LogP contribution in [0.2, 0.25) is 0 Å². The lowest BCUT2D eigenvalue weighted by molar-refractivity contribution is -0.192. The van der Waals surface area contributed by atoms with Crippen molar-refractivity contribution in [3.05, 3.63) is 89.0 Å². The summed E-state index contributed by atoms with van der Waals surface area (Å²) >= 11 is 0. The zero-order valence-corrected chi connectivity index (χ0v) is 23.5. The van der Waals surface area contributed by atoms with E-state index in [0.717, 1.165) is 56.5 Å². The summed E-state index contributed by atoms with van der Waals surface area (Å²) in [4.78, 5) is 33.5. The molecule has 0 saturated carbocycles. The molecule has 238 valence electrons. The number of nitriles is 1. The van der Waals surface area contributed by atoms with E-state index in [1.165, 1.54) is 18.5 Å². The summed E-state index contributed by atoms with van der Waals surface area (Å²) in [7, 11) is 0. The maximum absolute atomic E-state index is 14.5. The molecule has 2 fully saturated rings. The Morgan fingerprint density at radius 2 is 1.71 bits per heavy atom. The minimum Gasteiger partial charge on any atom is -0.475 e. The standard InChI is InChI=1S/C27H24F4N6O.C2HF3O2/c1-17(38)35-27(25(30)31,20-3-4-22(28)23(29)7-20)24-5-2-18(10-34-24)12-36-13-26(14-36)15-37(16-26)21-6-19(8-32)9-33-11-21;3-2(4,5)1(6)7/h2-7,9-11,25H,12-16H2,1H3,(H,35,38);(H,6,7)/t27-;/m1./s1. The Hall–Kier alpha value is -4.78. The molecule has 0 aliphatic carbocycles. The molecule has 2 N–H and O–H groups in total. The molecule has 2 aliphatic heterocycles. The van der Waals surface area contributed by atoms with E-state index in [9.17, 15) is 35.5 Å². The van der Waals surface area contributed by atoms with Gasteiger partial charge in [0, 0.05) is 57.5 Å². The van der Waals surface area contributed by atoms with Gasteiger partial charge in [0.1, 0.15) is 6.07 Å². The van der Waals surface area contributed by atoms with Gasteiger partial charge in [0.25, 0.3) is 6.43 Å². The van der Waals surface area contributed by atoms with E-state index in [-0.39, 0.29) is 16.7 Å². The molecular weight excluding hydrogens is 613 g/mol. The van der Waals surface area contributed by atoms with Crippen LogP contribution in [-0.4, -0.2) is 70.6 Å². The van der Waals surface area contributed by atoms with Crippen molar-refractivity contribution < 1.29 is 45.4 Å². The number of anilines is 1. The summed E-state index contributed by atoms with van der Waals surface area (Å²) < 4.78 is 88.2. The molecule has 0 unspecified atom stereocenters. The first-order chi connectivity index (χ1) is 21.1. The van der Waals surface area contributed by atoms with Gasteiger partial charge in [-0.2, -0.15) is 18.4 Å². The Kier molecular flexibility index (Phi) is 9.33. The second kappa shape index (κ2) is 12.7. The van der Waals surface area contributed by atoms with Gasteiger partial charge in [0.05, 0.1) is 23.1 Å². The second-order valence-electron chi connectivity index (χ2n) is 10.8. The van der Waals surface area contributed by atoms with Crippen LogP contribution in [0.1, 0.15) is 29.3 Å². The molecule has 1 spiro atoms. The minimum absolute atomic E-state index is 0.166. The number of likely N-dealkylation sites (tertiary alicyclic amines) is 1. The fourth-order valence-electron chi connectivity index (χ4n) is 5.43. The highest BCUT2D eigenvalue weighted by Crippen LogP contribution is 2.42. The van der Waals surface area contributed by atoms with Gasteiger partial charge in [-0.15, -0.1) is 0 Å². The van der Waals surface area contributed by atoms with Gasteiger partial charge >= 0.3 is 12.1 Å². The highest BCUT2D eigenvalue weighted by atomic mass is 19.4. The minimum atomic E-state index is -5.08. The quantitative estimate of drug-likeness (QED) is 0.369. The van der Waals surface area contributed by atoms with Crippen LogP contribution in [0, 0.1) is 28.4 Å².